The van der Waals surface area contributed by atoms with Gasteiger partial charge < -0.3 is 4.28 Å². The zero-order chi connectivity index (χ0) is 11.4. The van der Waals surface area contributed by atoms with Crippen molar-refractivity contribution in [1.29, 1.82) is 0 Å². The fraction of sp³-hybridized carbons (Fsp3) is 0.462. The Bertz CT molecular complexity index is 298. The molecule has 3 radical (unpaired) electrons. The fourth-order valence-corrected chi connectivity index (χ4v) is 1.51. The van der Waals surface area contributed by atoms with E-state index >= 15 is 0 Å². The van der Waals surface area contributed by atoms with Crippen molar-refractivity contribution in [2.75, 3.05) is 0 Å². The number of rotatable bonds is 0. The Hall–Kier alpha value is -0.591. The average molecular weight is 249 g/mol. The third-order valence-electron chi connectivity index (χ3n) is 2.16. The molecule has 0 aromatic rings. The van der Waals surface area contributed by atoms with E-state index in [2.05, 4.69) is 59.6 Å². The molecule has 1 rings (SSSR count). The van der Waals surface area contributed by atoms with E-state index in [0.717, 1.165) is 0 Å². The van der Waals surface area contributed by atoms with E-state index in [4.69, 9.17) is 4.79 Å². The molecular formula is C13H21FeO. The smallest absolute Gasteiger partial charge is 1.00 e. The molecule has 15 heavy (non-hydrogen) atoms. The minimum absolute atomic E-state index is 0. The normalized spacial score (nSPS) is 13.7. The second-order valence-corrected chi connectivity index (χ2v) is 4.60. The molecule has 0 aromatic carbocycles. The van der Waals surface area contributed by atoms with Gasteiger partial charge in [0.2, 0.25) is 0 Å². The number of allylic oxidation sites excluding steroid dienone is 6. The molecule has 87 valence electrons. The van der Waals surface area contributed by atoms with Crippen LogP contribution in [0.5, 0.6) is 0 Å². The van der Waals surface area contributed by atoms with Gasteiger partial charge in [0.05, 0.1) is 0 Å². The first-order valence-corrected chi connectivity index (χ1v) is 4.70. The molecule has 1 aliphatic carbocycles. The van der Waals surface area contributed by atoms with Crippen molar-refractivity contribution in [3.8, 4) is 0 Å². The van der Waals surface area contributed by atoms with Gasteiger partial charge in [-0.2, -0.15) is 0 Å². The summed E-state index contributed by atoms with van der Waals surface area (Å²) in [5.74, 6) is 0. The maximum absolute atomic E-state index is 7.50. The quantitative estimate of drug-likeness (QED) is 0.597. The Kier molecular flexibility index (Phi) is 7.64. The van der Waals surface area contributed by atoms with Crippen molar-refractivity contribution >= 4 is 6.79 Å². The van der Waals surface area contributed by atoms with Crippen LogP contribution < -0.4 is 0 Å². The fourth-order valence-electron chi connectivity index (χ4n) is 1.51. The van der Waals surface area contributed by atoms with E-state index < -0.39 is 0 Å². The Morgan fingerprint density at radius 2 is 1.73 bits per heavy atom. The summed E-state index contributed by atoms with van der Waals surface area (Å²) in [5.41, 5.74) is 4.56. The number of hydrogen-bond donors (Lipinski definition) is 0. The first-order valence-electron chi connectivity index (χ1n) is 4.70. The zero-order valence-electron chi connectivity index (χ0n) is 13.0. The second kappa shape index (κ2) is 6.81. The van der Waals surface area contributed by atoms with E-state index in [-0.39, 0.29) is 26.8 Å². The molecule has 0 amide bonds. The van der Waals surface area contributed by atoms with Crippen molar-refractivity contribution in [3.05, 3.63) is 34.9 Å². The first-order chi connectivity index (χ1) is 6.43. The van der Waals surface area contributed by atoms with Crippen molar-refractivity contribution in [1.82, 2.24) is 0 Å². The van der Waals surface area contributed by atoms with Crippen LogP contribution in [0.15, 0.2) is 34.9 Å². The maximum Gasteiger partial charge on any atom is 3.00 e. The molecule has 1 nitrogen and oxygen atoms in total. The van der Waals surface area contributed by atoms with Gasteiger partial charge >= 0.3 is 17.1 Å². The van der Waals surface area contributed by atoms with Gasteiger partial charge in [-0.15, -0.1) is 0 Å². The largest absolute Gasteiger partial charge is 3.00 e. The minimum Gasteiger partial charge on any atom is -1.00 e. The summed E-state index contributed by atoms with van der Waals surface area (Å²) in [6, 6.07) is 0. The molecule has 0 unspecified atom stereocenters. The van der Waals surface area contributed by atoms with E-state index in [9.17, 15) is 0 Å². The first kappa shape index (κ1) is 16.8. The molecule has 0 heterocycles. The third kappa shape index (κ3) is 4.63. The van der Waals surface area contributed by atoms with E-state index in [0.29, 0.717) is 0 Å². The third-order valence-corrected chi connectivity index (χ3v) is 2.16. The molecule has 0 atom stereocenters. The van der Waals surface area contributed by atoms with Crippen LogP contribution in [0.3, 0.4) is 0 Å². The van der Waals surface area contributed by atoms with Gasteiger partial charge in [-0.25, -0.2) is 0 Å². The van der Waals surface area contributed by atoms with Crippen LogP contribution >= 0.6 is 0 Å². The Balaban J connectivity index is -0.0000000894. The standard InChI is InChI=1S/C12H18.CO.Fe.3H/c1-9(2)10-7-6-8-11(10)12(3,4)5;1-2;;;;/h6-8H,1-5H3;;;;;/q;;+3;3*-1. The van der Waals surface area contributed by atoms with Crippen molar-refractivity contribution in [2.24, 2.45) is 5.41 Å². The predicted molar refractivity (Wildman–Crippen MR) is 64.1 cm³/mol. The van der Waals surface area contributed by atoms with Gasteiger partial charge in [0.25, 0.3) is 6.79 Å². The van der Waals surface area contributed by atoms with Crippen LogP contribution in [-0.2, 0) is 21.9 Å². The summed E-state index contributed by atoms with van der Waals surface area (Å²) in [6.45, 7) is 15.6. The van der Waals surface area contributed by atoms with E-state index in [1.165, 1.54) is 16.7 Å². The van der Waals surface area contributed by atoms with Gasteiger partial charge in [0.15, 0.2) is 0 Å². The van der Waals surface area contributed by atoms with Gasteiger partial charge in [0.1, 0.15) is 0 Å². The Labute approximate surface area is 108 Å². The van der Waals surface area contributed by atoms with Gasteiger partial charge in [-0.3, -0.25) is 4.79 Å². The molecule has 0 aromatic heterocycles. The van der Waals surface area contributed by atoms with Crippen LogP contribution in [0.2, 0.25) is 0 Å². The Morgan fingerprint density at radius 1 is 1.27 bits per heavy atom. The molecule has 2 heteroatoms. The summed E-state index contributed by atoms with van der Waals surface area (Å²) in [6.07, 6.45) is 6.57. The summed E-state index contributed by atoms with van der Waals surface area (Å²) in [4.78, 5) is 7.50. The van der Waals surface area contributed by atoms with Crippen LogP contribution in [-0.4, -0.2) is 6.79 Å². The summed E-state index contributed by atoms with van der Waals surface area (Å²) in [5, 5.41) is 0. The predicted octanol–water partition coefficient (Wildman–Crippen LogP) is 3.80. The molecule has 1 aliphatic rings. The van der Waals surface area contributed by atoms with Gasteiger partial charge in [0, 0.05) is 0 Å². The molecule has 0 N–H and O–H groups in total. The Morgan fingerprint density at radius 3 is 2.00 bits per heavy atom. The molecule has 0 spiro atoms. The topological polar surface area (TPSA) is 17.1 Å². The molecule has 0 saturated carbocycles. The van der Waals surface area contributed by atoms with Crippen molar-refractivity contribution in [3.63, 3.8) is 0 Å². The van der Waals surface area contributed by atoms with Gasteiger partial charge in [-0.05, 0) is 30.4 Å². The molecular weight excluding hydrogens is 228 g/mol. The molecule has 0 saturated heterocycles. The van der Waals surface area contributed by atoms with Crippen molar-refractivity contribution in [2.45, 2.75) is 34.6 Å². The summed E-state index contributed by atoms with van der Waals surface area (Å²) < 4.78 is 0. The van der Waals surface area contributed by atoms with E-state index in [1.54, 1.807) is 0 Å². The number of hydrogen-bond acceptors (Lipinski definition) is 1. The van der Waals surface area contributed by atoms with Crippen LogP contribution in [0, 0.1) is 5.41 Å². The molecule has 0 bridgehead atoms. The van der Waals surface area contributed by atoms with Crippen LogP contribution in [0.25, 0.3) is 0 Å². The van der Waals surface area contributed by atoms with E-state index in [1.807, 2.05) is 0 Å². The summed E-state index contributed by atoms with van der Waals surface area (Å²) >= 11 is 0. The SMILES string of the molecule is CC(C)=C1C=CC=C1C(C)(C)C.[C]=O.[Fe+3].[H-].[H-].[H-]. The maximum atomic E-state index is 7.50. The van der Waals surface area contributed by atoms with Crippen LogP contribution in [0.4, 0.5) is 0 Å². The van der Waals surface area contributed by atoms with Crippen molar-refractivity contribution < 1.29 is 26.1 Å². The average Bonchev–Trinajstić information content (AvgIpc) is 2.54. The second-order valence-electron chi connectivity index (χ2n) is 4.60. The minimum atomic E-state index is 0. The molecule has 0 fully saturated rings. The number of carbonyl (C=O) groups excluding carboxylic acids is 1. The molecule has 0 aliphatic heterocycles. The zero-order valence-corrected chi connectivity index (χ0v) is 11.1. The van der Waals surface area contributed by atoms with Gasteiger partial charge in [-0.1, -0.05) is 44.6 Å². The van der Waals surface area contributed by atoms with Crippen LogP contribution in [0.1, 0.15) is 38.9 Å². The monoisotopic (exact) mass is 249 g/mol. The summed E-state index contributed by atoms with van der Waals surface area (Å²) in [7, 11) is 0.